The smallest absolute Gasteiger partial charge is 0.271 e. The summed E-state index contributed by atoms with van der Waals surface area (Å²) in [6.07, 6.45) is 3.13. The summed E-state index contributed by atoms with van der Waals surface area (Å²) in [7, 11) is 0. The van der Waals surface area contributed by atoms with E-state index in [1.807, 2.05) is 24.3 Å². The van der Waals surface area contributed by atoms with Crippen molar-refractivity contribution in [3.63, 3.8) is 0 Å². The Hall–Kier alpha value is -3.65. The van der Waals surface area contributed by atoms with Crippen LogP contribution in [0.3, 0.4) is 0 Å². The maximum atomic E-state index is 13.0. The predicted molar refractivity (Wildman–Crippen MR) is 111 cm³/mol. The first-order chi connectivity index (χ1) is 14.7. The maximum absolute atomic E-state index is 13.0. The lowest BCUT2D eigenvalue weighted by Crippen LogP contribution is -2.30. The summed E-state index contributed by atoms with van der Waals surface area (Å²) in [4.78, 5) is 31.4. The van der Waals surface area contributed by atoms with Gasteiger partial charge in [0.05, 0.1) is 32.2 Å². The lowest BCUT2D eigenvalue weighted by atomic mass is 10.2. The van der Waals surface area contributed by atoms with Gasteiger partial charge >= 0.3 is 0 Å². The topological polar surface area (TPSA) is 88.6 Å². The molecule has 8 heteroatoms. The molecule has 0 bridgehead atoms. The van der Waals surface area contributed by atoms with Gasteiger partial charge in [-0.25, -0.2) is 4.98 Å². The summed E-state index contributed by atoms with van der Waals surface area (Å²) < 4.78 is 10.6. The molecule has 1 aromatic carbocycles. The largest absolute Gasteiger partial charge is 0.467 e. The molecule has 4 aromatic rings. The Morgan fingerprint density at radius 2 is 1.67 bits per heavy atom. The third kappa shape index (κ3) is 4.84. The third-order valence-corrected chi connectivity index (χ3v) is 5.18. The van der Waals surface area contributed by atoms with E-state index in [0.717, 1.165) is 0 Å². The number of rotatable bonds is 8. The lowest BCUT2D eigenvalue weighted by molar-refractivity contribution is 0.0717. The minimum Gasteiger partial charge on any atom is -0.467 e. The monoisotopic (exact) mass is 421 g/mol. The van der Waals surface area contributed by atoms with E-state index >= 15 is 0 Å². The fourth-order valence-corrected chi connectivity index (χ4v) is 3.66. The summed E-state index contributed by atoms with van der Waals surface area (Å²) in [6, 6.07) is 16.2. The van der Waals surface area contributed by atoms with Gasteiger partial charge in [-0.05, 0) is 36.4 Å². The normalized spacial score (nSPS) is 10.7. The van der Waals surface area contributed by atoms with Gasteiger partial charge in [-0.3, -0.25) is 9.59 Å². The van der Waals surface area contributed by atoms with Crippen LogP contribution in [0.1, 0.15) is 37.4 Å². The van der Waals surface area contributed by atoms with Crippen molar-refractivity contribution in [3.8, 4) is 0 Å². The van der Waals surface area contributed by atoms with Crippen LogP contribution in [0.4, 0.5) is 0 Å². The van der Waals surface area contributed by atoms with Crippen LogP contribution in [-0.2, 0) is 19.6 Å². The standard InChI is InChI=1S/C22H19N3O4S/c26-21(23-12-17-8-4-10-28-17)19-15-30-20(24-19)14-25(13-18-9-5-11-29-18)22(27)16-6-2-1-3-7-16/h1-11,15H,12-14H2,(H,23,26). The SMILES string of the molecule is O=C(NCc1ccco1)c1csc(CN(Cc2ccco2)C(=O)c2ccccc2)n1. The van der Waals surface area contributed by atoms with Crippen molar-refractivity contribution >= 4 is 23.2 Å². The van der Waals surface area contributed by atoms with E-state index in [4.69, 9.17) is 8.83 Å². The highest BCUT2D eigenvalue weighted by Crippen LogP contribution is 2.18. The lowest BCUT2D eigenvalue weighted by Gasteiger charge is -2.20. The number of hydrogen-bond donors (Lipinski definition) is 1. The first-order valence-electron chi connectivity index (χ1n) is 9.31. The van der Waals surface area contributed by atoms with Crippen LogP contribution in [0.15, 0.2) is 81.3 Å². The van der Waals surface area contributed by atoms with E-state index in [1.54, 1.807) is 53.1 Å². The highest BCUT2D eigenvalue weighted by molar-refractivity contribution is 7.09. The van der Waals surface area contributed by atoms with Gasteiger partial charge in [0, 0.05) is 10.9 Å². The van der Waals surface area contributed by atoms with Gasteiger partial charge in [-0.2, -0.15) is 0 Å². The zero-order valence-corrected chi connectivity index (χ0v) is 16.8. The molecule has 0 aliphatic carbocycles. The number of furan rings is 2. The van der Waals surface area contributed by atoms with E-state index in [2.05, 4.69) is 10.3 Å². The molecule has 2 amide bonds. The molecule has 3 aromatic heterocycles. The number of aromatic nitrogens is 1. The van der Waals surface area contributed by atoms with Crippen LogP contribution in [0.5, 0.6) is 0 Å². The van der Waals surface area contributed by atoms with E-state index < -0.39 is 0 Å². The molecular weight excluding hydrogens is 402 g/mol. The maximum Gasteiger partial charge on any atom is 0.271 e. The van der Waals surface area contributed by atoms with Crippen LogP contribution in [-0.4, -0.2) is 21.7 Å². The molecule has 3 heterocycles. The summed E-state index contributed by atoms with van der Waals surface area (Å²) in [5.41, 5.74) is 0.892. The Kier molecular flexibility index (Phi) is 6.05. The van der Waals surface area contributed by atoms with Crippen molar-refractivity contribution in [2.24, 2.45) is 0 Å². The number of benzene rings is 1. The molecule has 0 atom stereocenters. The third-order valence-electron chi connectivity index (χ3n) is 4.35. The molecular formula is C22H19N3O4S. The van der Waals surface area contributed by atoms with Crippen LogP contribution in [0.25, 0.3) is 0 Å². The highest BCUT2D eigenvalue weighted by atomic mass is 32.1. The molecule has 30 heavy (non-hydrogen) atoms. The van der Waals surface area contributed by atoms with Crippen molar-refractivity contribution in [2.75, 3.05) is 0 Å². The molecule has 0 aliphatic rings. The zero-order chi connectivity index (χ0) is 20.8. The molecule has 0 spiro atoms. The number of amides is 2. The summed E-state index contributed by atoms with van der Waals surface area (Å²) >= 11 is 1.33. The van der Waals surface area contributed by atoms with Gasteiger partial charge in [0.1, 0.15) is 22.2 Å². The fraction of sp³-hybridized carbons (Fsp3) is 0.136. The second-order valence-electron chi connectivity index (χ2n) is 6.50. The molecule has 1 N–H and O–H groups in total. The van der Waals surface area contributed by atoms with Crippen molar-refractivity contribution in [1.29, 1.82) is 0 Å². The first kappa shape index (κ1) is 19.7. The number of nitrogens with zero attached hydrogens (tertiary/aromatic N) is 2. The second kappa shape index (κ2) is 9.23. The first-order valence-corrected chi connectivity index (χ1v) is 10.2. The van der Waals surface area contributed by atoms with Gasteiger partial charge in [0.2, 0.25) is 0 Å². The molecule has 0 fully saturated rings. The Labute approximate surface area is 177 Å². The van der Waals surface area contributed by atoms with Gasteiger partial charge in [0.25, 0.3) is 11.8 Å². The fourth-order valence-electron chi connectivity index (χ4n) is 2.88. The van der Waals surface area contributed by atoms with E-state index in [9.17, 15) is 9.59 Å². The summed E-state index contributed by atoms with van der Waals surface area (Å²) in [5.74, 6) is 0.913. The summed E-state index contributed by atoms with van der Waals surface area (Å²) in [5, 5.41) is 5.12. The molecule has 7 nitrogen and oxygen atoms in total. The van der Waals surface area contributed by atoms with E-state index in [1.165, 1.54) is 11.3 Å². The highest BCUT2D eigenvalue weighted by Gasteiger charge is 2.20. The number of hydrogen-bond acceptors (Lipinski definition) is 6. The predicted octanol–water partition coefficient (Wildman–Crippen LogP) is 4.10. The van der Waals surface area contributed by atoms with Gasteiger partial charge in [0.15, 0.2) is 0 Å². The number of carbonyl (C=O) groups is 2. The Bertz CT molecular complexity index is 1090. The minimum atomic E-state index is -0.291. The molecule has 0 saturated heterocycles. The zero-order valence-electron chi connectivity index (χ0n) is 16.0. The van der Waals surface area contributed by atoms with E-state index in [-0.39, 0.29) is 24.9 Å². The number of nitrogens with one attached hydrogen (secondary N) is 1. The quantitative estimate of drug-likeness (QED) is 0.463. The second-order valence-corrected chi connectivity index (χ2v) is 7.44. The van der Waals surface area contributed by atoms with Crippen LogP contribution in [0, 0.1) is 0 Å². The number of thiazole rings is 1. The van der Waals surface area contributed by atoms with Crippen molar-refractivity contribution in [1.82, 2.24) is 15.2 Å². The van der Waals surface area contributed by atoms with Crippen molar-refractivity contribution < 1.29 is 18.4 Å². The Balaban J connectivity index is 1.46. The molecule has 0 unspecified atom stereocenters. The average molecular weight is 421 g/mol. The van der Waals surface area contributed by atoms with Crippen LogP contribution < -0.4 is 5.32 Å². The van der Waals surface area contributed by atoms with Crippen molar-refractivity contribution in [2.45, 2.75) is 19.6 Å². The molecule has 0 saturated carbocycles. The molecule has 0 radical (unpaired) electrons. The average Bonchev–Trinajstić information content (AvgIpc) is 3.55. The number of carbonyl (C=O) groups excluding carboxylic acids is 2. The van der Waals surface area contributed by atoms with Gasteiger partial charge in [-0.15, -0.1) is 11.3 Å². The van der Waals surface area contributed by atoms with Crippen LogP contribution >= 0.6 is 11.3 Å². The minimum absolute atomic E-state index is 0.133. The molecule has 152 valence electrons. The molecule has 4 rings (SSSR count). The van der Waals surface area contributed by atoms with Crippen LogP contribution in [0.2, 0.25) is 0 Å². The Morgan fingerprint density at radius 3 is 2.37 bits per heavy atom. The Morgan fingerprint density at radius 1 is 0.933 bits per heavy atom. The summed E-state index contributed by atoms with van der Waals surface area (Å²) in [6.45, 7) is 0.862. The van der Waals surface area contributed by atoms with Crippen molar-refractivity contribution in [3.05, 3.63) is 100 Å². The van der Waals surface area contributed by atoms with Gasteiger partial charge in [-0.1, -0.05) is 18.2 Å². The van der Waals surface area contributed by atoms with E-state index in [0.29, 0.717) is 34.3 Å². The van der Waals surface area contributed by atoms with Gasteiger partial charge < -0.3 is 19.1 Å². The molecule has 0 aliphatic heterocycles.